The van der Waals surface area contributed by atoms with Gasteiger partial charge >= 0.3 is 0 Å². The number of anilines is 3. The average molecular weight is 372 g/mol. The average Bonchev–Trinajstić information content (AvgIpc) is 2.54. The lowest BCUT2D eigenvalue weighted by Crippen LogP contribution is -2.01. The highest BCUT2D eigenvalue weighted by atomic mass is 35.5. The van der Waals surface area contributed by atoms with E-state index in [0.29, 0.717) is 21.9 Å². The Hall–Kier alpha value is -2.63. The van der Waals surface area contributed by atoms with Crippen LogP contribution in [0.2, 0.25) is 10.2 Å². The Bertz CT molecular complexity index is 911. The number of nitrogens with zero attached hydrogens (tertiary/aromatic N) is 3. The molecule has 7 heteroatoms. The van der Waals surface area contributed by atoms with E-state index in [1.807, 2.05) is 43.3 Å². The molecule has 3 rings (SSSR count). The van der Waals surface area contributed by atoms with Crippen LogP contribution in [0, 0.1) is 6.92 Å². The molecule has 0 aliphatic carbocycles. The molecule has 0 radical (unpaired) electrons. The molecule has 0 unspecified atom stereocenters. The van der Waals surface area contributed by atoms with E-state index < -0.39 is 0 Å². The second-order valence-corrected chi connectivity index (χ2v) is 6.14. The standard InChI is InChI=1S/C18H15Cl2N5/c1-12-4-2-5-13(8-12)11-21-25-18-23-16(20)10-17(24-18)22-15-7-3-6-14(19)9-15/h2-11H,1H3,(H2,22,23,24,25)/b21-11+. The summed E-state index contributed by atoms with van der Waals surface area (Å²) in [5, 5.41) is 8.21. The summed E-state index contributed by atoms with van der Waals surface area (Å²) in [6.07, 6.45) is 1.70. The molecule has 5 nitrogen and oxygen atoms in total. The molecule has 0 saturated carbocycles. The summed E-state index contributed by atoms with van der Waals surface area (Å²) in [6.45, 7) is 2.03. The fraction of sp³-hybridized carbons (Fsp3) is 0.0556. The number of hydrogen-bond acceptors (Lipinski definition) is 5. The zero-order valence-electron chi connectivity index (χ0n) is 13.4. The molecule has 0 saturated heterocycles. The van der Waals surface area contributed by atoms with Gasteiger partial charge in [-0.3, -0.25) is 0 Å². The molecule has 1 aromatic heterocycles. The highest BCUT2D eigenvalue weighted by molar-refractivity contribution is 6.31. The maximum absolute atomic E-state index is 6.06. The Morgan fingerprint density at radius 2 is 1.84 bits per heavy atom. The van der Waals surface area contributed by atoms with Crippen LogP contribution in [-0.2, 0) is 0 Å². The molecule has 3 aromatic rings. The van der Waals surface area contributed by atoms with Crippen LogP contribution in [0.3, 0.4) is 0 Å². The summed E-state index contributed by atoms with van der Waals surface area (Å²) in [5.74, 6) is 0.830. The first kappa shape index (κ1) is 17.2. The lowest BCUT2D eigenvalue weighted by molar-refractivity contribution is 1.12. The van der Waals surface area contributed by atoms with Crippen molar-refractivity contribution < 1.29 is 0 Å². The topological polar surface area (TPSA) is 62.2 Å². The van der Waals surface area contributed by atoms with Gasteiger partial charge < -0.3 is 5.32 Å². The molecule has 0 aliphatic heterocycles. The van der Waals surface area contributed by atoms with E-state index in [4.69, 9.17) is 23.2 Å². The van der Waals surface area contributed by atoms with Crippen LogP contribution < -0.4 is 10.7 Å². The van der Waals surface area contributed by atoms with Crippen molar-refractivity contribution in [3.8, 4) is 0 Å². The molecule has 1 heterocycles. The SMILES string of the molecule is Cc1cccc(/C=N/Nc2nc(Cl)cc(Nc3cccc(Cl)c3)n2)c1. The molecule has 0 atom stereocenters. The maximum atomic E-state index is 6.06. The van der Waals surface area contributed by atoms with Crippen LogP contribution in [0.25, 0.3) is 0 Å². The van der Waals surface area contributed by atoms with E-state index in [1.54, 1.807) is 24.4 Å². The van der Waals surface area contributed by atoms with Gasteiger partial charge in [0.15, 0.2) is 0 Å². The van der Waals surface area contributed by atoms with Crippen molar-refractivity contribution in [3.63, 3.8) is 0 Å². The van der Waals surface area contributed by atoms with Crippen LogP contribution in [0.4, 0.5) is 17.5 Å². The quantitative estimate of drug-likeness (QED) is 0.363. The molecule has 0 bridgehead atoms. The predicted molar refractivity (Wildman–Crippen MR) is 104 cm³/mol. The number of benzene rings is 2. The minimum atomic E-state index is 0.293. The van der Waals surface area contributed by atoms with Crippen molar-refractivity contribution in [3.05, 3.63) is 75.9 Å². The number of halogens is 2. The van der Waals surface area contributed by atoms with E-state index in [9.17, 15) is 0 Å². The zero-order valence-corrected chi connectivity index (χ0v) is 14.9. The lowest BCUT2D eigenvalue weighted by Gasteiger charge is -2.07. The molecule has 0 fully saturated rings. The Morgan fingerprint density at radius 1 is 1.00 bits per heavy atom. The minimum Gasteiger partial charge on any atom is -0.340 e. The Balaban J connectivity index is 1.73. The summed E-state index contributed by atoms with van der Waals surface area (Å²) >= 11 is 12.0. The molecular weight excluding hydrogens is 357 g/mol. The molecule has 2 N–H and O–H groups in total. The summed E-state index contributed by atoms with van der Waals surface area (Å²) in [4.78, 5) is 8.44. The second kappa shape index (κ2) is 7.96. The van der Waals surface area contributed by atoms with E-state index in [1.165, 1.54) is 0 Å². The highest BCUT2D eigenvalue weighted by Gasteiger charge is 2.03. The fourth-order valence-corrected chi connectivity index (χ4v) is 2.53. The number of nitrogens with one attached hydrogen (secondary N) is 2. The Morgan fingerprint density at radius 3 is 2.64 bits per heavy atom. The number of hydrogen-bond donors (Lipinski definition) is 2. The molecule has 126 valence electrons. The molecule has 0 amide bonds. The number of aryl methyl sites for hydroxylation is 1. The van der Waals surface area contributed by atoms with Crippen LogP contribution in [0.1, 0.15) is 11.1 Å². The lowest BCUT2D eigenvalue weighted by atomic mass is 10.2. The van der Waals surface area contributed by atoms with Crippen LogP contribution >= 0.6 is 23.2 Å². The Kier molecular flexibility index (Phi) is 5.48. The van der Waals surface area contributed by atoms with Crippen LogP contribution in [0.15, 0.2) is 59.7 Å². The summed E-state index contributed by atoms with van der Waals surface area (Å²) in [7, 11) is 0. The fourth-order valence-electron chi connectivity index (χ4n) is 2.16. The first-order valence-corrected chi connectivity index (χ1v) is 8.27. The van der Waals surface area contributed by atoms with Crippen LogP contribution in [0.5, 0.6) is 0 Å². The van der Waals surface area contributed by atoms with Gasteiger partial charge in [0, 0.05) is 16.8 Å². The number of rotatable bonds is 5. The van der Waals surface area contributed by atoms with Gasteiger partial charge in [0.1, 0.15) is 11.0 Å². The molecule has 0 spiro atoms. The van der Waals surface area contributed by atoms with Gasteiger partial charge in [0.25, 0.3) is 0 Å². The third-order valence-electron chi connectivity index (χ3n) is 3.21. The largest absolute Gasteiger partial charge is 0.340 e. The first-order chi connectivity index (χ1) is 12.1. The molecule has 25 heavy (non-hydrogen) atoms. The van der Waals surface area contributed by atoms with Gasteiger partial charge in [-0.25, -0.2) is 5.43 Å². The van der Waals surface area contributed by atoms with Crippen LogP contribution in [-0.4, -0.2) is 16.2 Å². The third kappa shape index (κ3) is 5.17. The molecule has 2 aromatic carbocycles. The van der Waals surface area contributed by atoms with E-state index >= 15 is 0 Å². The van der Waals surface area contributed by atoms with Crippen molar-refractivity contribution >= 4 is 46.9 Å². The van der Waals surface area contributed by atoms with Gasteiger partial charge in [-0.2, -0.15) is 15.1 Å². The Labute approximate surface area is 155 Å². The van der Waals surface area contributed by atoms with Gasteiger partial charge in [-0.1, -0.05) is 59.1 Å². The van der Waals surface area contributed by atoms with Crippen molar-refractivity contribution in [2.75, 3.05) is 10.7 Å². The summed E-state index contributed by atoms with van der Waals surface area (Å²) in [6, 6.07) is 16.9. The smallest absolute Gasteiger partial charge is 0.246 e. The predicted octanol–water partition coefficient (Wildman–Crippen LogP) is 5.28. The maximum Gasteiger partial charge on any atom is 0.246 e. The molecule has 0 aliphatic rings. The summed E-state index contributed by atoms with van der Waals surface area (Å²) in [5.41, 5.74) is 5.73. The van der Waals surface area contributed by atoms with Gasteiger partial charge in [0.2, 0.25) is 5.95 Å². The summed E-state index contributed by atoms with van der Waals surface area (Å²) < 4.78 is 0. The highest BCUT2D eigenvalue weighted by Crippen LogP contribution is 2.21. The number of aromatic nitrogens is 2. The van der Waals surface area contributed by atoms with Gasteiger partial charge in [0.05, 0.1) is 6.21 Å². The van der Waals surface area contributed by atoms with Crippen molar-refractivity contribution in [2.45, 2.75) is 6.92 Å². The first-order valence-electron chi connectivity index (χ1n) is 7.51. The normalized spacial score (nSPS) is 10.8. The van der Waals surface area contributed by atoms with E-state index in [2.05, 4.69) is 25.8 Å². The zero-order chi connectivity index (χ0) is 17.6. The van der Waals surface area contributed by atoms with Crippen molar-refractivity contribution in [2.24, 2.45) is 5.10 Å². The third-order valence-corrected chi connectivity index (χ3v) is 3.64. The van der Waals surface area contributed by atoms with E-state index in [-0.39, 0.29) is 0 Å². The minimum absolute atomic E-state index is 0.293. The monoisotopic (exact) mass is 371 g/mol. The van der Waals surface area contributed by atoms with Gasteiger partial charge in [-0.15, -0.1) is 0 Å². The van der Waals surface area contributed by atoms with Crippen molar-refractivity contribution in [1.82, 2.24) is 9.97 Å². The molecular formula is C18H15Cl2N5. The van der Waals surface area contributed by atoms with Crippen molar-refractivity contribution in [1.29, 1.82) is 0 Å². The van der Waals surface area contributed by atoms with E-state index in [0.717, 1.165) is 16.8 Å². The van der Waals surface area contributed by atoms with Gasteiger partial charge in [-0.05, 0) is 30.7 Å². The second-order valence-electron chi connectivity index (χ2n) is 5.32. The number of hydrazone groups is 1.